The van der Waals surface area contributed by atoms with Crippen molar-refractivity contribution in [3.8, 4) is 0 Å². The van der Waals surface area contributed by atoms with Crippen molar-refractivity contribution in [3.63, 3.8) is 0 Å². The van der Waals surface area contributed by atoms with Crippen molar-refractivity contribution in [1.82, 2.24) is 10.2 Å². The summed E-state index contributed by atoms with van der Waals surface area (Å²) < 4.78 is 0. The Bertz CT molecular complexity index is 750. The molecule has 1 fully saturated rings. The van der Waals surface area contributed by atoms with Gasteiger partial charge in [0.05, 0.1) is 0 Å². The highest BCUT2D eigenvalue weighted by Gasteiger charge is 2.17. The van der Waals surface area contributed by atoms with Gasteiger partial charge in [-0.25, -0.2) is 0 Å². The summed E-state index contributed by atoms with van der Waals surface area (Å²) in [7, 11) is 0. The first kappa shape index (κ1) is 25.4. The van der Waals surface area contributed by atoms with Crippen LogP contribution in [0, 0.1) is 12.8 Å². The summed E-state index contributed by atoms with van der Waals surface area (Å²) in [4.78, 5) is 14.9. The number of benzene rings is 2. The van der Waals surface area contributed by atoms with Crippen molar-refractivity contribution in [2.24, 2.45) is 11.7 Å². The lowest BCUT2D eigenvalue weighted by atomic mass is 9.99. The average Bonchev–Trinajstić information content (AvgIpc) is 2.67. The summed E-state index contributed by atoms with van der Waals surface area (Å²) in [6.45, 7) is 8.24. The molecule has 0 saturated carbocycles. The van der Waals surface area contributed by atoms with E-state index in [1.54, 1.807) is 0 Å². The van der Waals surface area contributed by atoms with Crippen molar-refractivity contribution in [2.75, 3.05) is 13.1 Å². The second kappa shape index (κ2) is 12.2. The monoisotopic (exact) mass is 437 g/mol. The van der Waals surface area contributed by atoms with Crippen LogP contribution in [0.3, 0.4) is 0 Å². The van der Waals surface area contributed by atoms with E-state index in [0.29, 0.717) is 6.54 Å². The van der Waals surface area contributed by atoms with E-state index in [2.05, 4.69) is 41.4 Å². The number of hydrogen-bond acceptors (Lipinski definition) is 3. The van der Waals surface area contributed by atoms with E-state index in [9.17, 15) is 4.79 Å². The maximum atomic E-state index is 12.3. The van der Waals surface area contributed by atoms with Gasteiger partial charge in [-0.3, -0.25) is 9.69 Å². The summed E-state index contributed by atoms with van der Waals surface area (Å²) in [5, 5.41) is 2.94. The summed E-state index contributed by atoms with van der Waals surface area (Å²) >= 11 is 0. The fraction of sp³-hybridized carbons (Fsp3) is 0.435. The minimum atomic E-state index is -0.633. The Morgan fingerprint density at radius 1 is 1.10 bits per heavy atom. The van der Waals surface area contributed by atoms with Crippen LogP contribution in [0.4, 0.5) is 0 Å². The van der Waals surface area contributed by atoms with Crippen LogP contribution >= 0.6 is 24.8 Å². The van der Waals surface area contributed by atoms with Gasteiger partial charge in [0.2, 0.25) is 5.91 Å². The predicted octanol–water partition coefficient (Wildman–Crippen LogP) is 4.39. The highest BCUT2D eigenvalue weighted by molar-refractivity contribution is 5.85. The van der Waals surface area contributed by atoms with Crippen LogP contribution in [-0.4, -0.2) is 23.9 Å². The number of halogens is 2. The zero-order chi connectivity index (χ0) is 19.2. The van der Waals surface area contributed by atoms with Gasteiger partial charge in [0.1, 0.15) is 6.04 Å². The van der Waals surface area contributed by atoms with E-state index in [1.807, 2.05) is 31.2 Å². The lowest BCUT2D eigenvalue weighted by molar-refractivity contribution is -0.122. The Morgan fingerprint density at radius 2 is 1.72 bits per heavy atom. The molecule has 0 spiro atoms. The van der Waals surface area contributed by atoms with Gasteiger partial charge in [0.25, 0.3) is 0 Å². The number of carbonyl (C=O) groups excluding carboxylic acids is 1. The van der Waals surface area contributed by atoms with Crippen molar-refractivity contribution < 1.29 is 4.79 Å². The normalized spacial score (nSPS) is 17.6. The first-order chi connectivity index (χ1) is 13.0. The first-order valence-electron chi connectivity index (χ1n) is 9.91. The van der Waals surface area contributed by atoms with Crippen molar-refractivity contribution in [1.29, 1.82) is 0 Å². The minimum absolute atomic E-state index is 0. The maximum Gasteiger partial charge on any atom is 0.241 e. The highest BCUT2D eigenvalue weighted by atomic mass is 35.5. The number of nitrogens with zero attached hydrogens (tertiary/aromatic N) is 1. The van der Waals surface area contributed by atoms with Crippen LogP contribution in [-0.2, 0) is 17.9 Å². The molecule has 3 rings (SSSR count). The van der Waals surface area contributed by atoms with Gasteiger partial charge in [-0.15, -0.1) is 24.8 Å². The Hall–Kier alpha value is -1.59. The predicted molar refractivity (Wildman–Crippen MR) is 125 cm³/mol. The van der Waals surface area contributed by atoms with Gasteiger partial charge in [0, 0.05) is 19.6 Å². The van der Waals surface area contributed by atoms with Crippen molar-refractivity contribution >= 4 is 30.7 Å². The molecule has 160 valence electrons. The summed E-state index contributed by atoms with van der Waals surface area (Å²) in [5.41, 5.74) is 10.5. The number of nitrogens with one attached hydrogen (secondary N) is 1. The first-order valence-corrected chi connectivity index (χ1v) is 9.91. The van der Waals surface area contributed by atoms with Gasteiger partial charge in [0.15, 0.2) is 0 Å². The van der Waals surface area contributed by atoms with Crippen LogP contribution in [0.15, 0.2) is 48.5 Å². The molecule has 4 nitrogen and oxygen atoms in total. The van der Waals surface area contributed by atoms with E-state index in [1.165, 1.54) is 31.5 Å². The molecule has 1 aliphatic rings. The average molecular weight is 438 g/mol. The fourth-order valence-electron chi connectivity index (χ4n) is 3.68. The minimum Gasteiger partial charge on any atom is -0.350 e. The Kier molecular flexibility index (Phi) is 10.7. The zero-order valence-electron chi connectivity index (χ0n) is 17.3. The lowest BCUT2D eigenvalue weighted by Gasteiger charge is -2.30. The van der Waals surface area contributed by atoms with E-state index in [0.717, 1.165) is 29.2 Å². The van der Waals surface area contributed by atoms with Crippen molar-refractivity contribution in [2.45, 2.75) is 45.8 Å². The summed E-state index contributed by atoms with van der Waals surface area (Å²) in [6, 6.07) is 15.7. The third-order valence-electron chi connectivity index (χ3n) is 5.36. The molecule has 0 bridgehead atoms. The highest BCUT2D eigenvalue weighted by Crippen LogP contribution is 2.18. The second-order valence-electron chi connectivity index (χ2n) is 7.91. The number of hydrogen-bond donors (Lipinski definition) is 2. The molecule has 1 saturated heterocycles. The molecule has 0 radical (unpaired) electrons. The van der Waals surface area contributed by atoms with E-state index in [-0.39, 0.29) is 30.7 Å². The topological polar surface area (TPSA) is 58.4 Å². The van der Waals surface area contributed by atoms with Crippen LogP contribution in [0.1, 0.15) is 48.1 Å². The molecule has 2 atom stereocenters. The molecule has 1 amide bonds. The second-order valence-corrected chi connectivity index (χ2v) is 7.91. The molecule has 0 aliphatic carbocycles. The van der Waals surface area contributed by atoms with Gasteiger partial charge in [-0.1, -0.05) is 61.0 Å². The molecule has 0 aromatic heterocycles. The van der Waals surface area contributed by atoms with Gasteiger partial charge in [-0.05, 0) is 48.9 Å². The van der Waals surface area contributed by atoms with E-state index < -0.39 is 6.04 Å². The number of carbonyl (C=O) groups is 1. The number of amides is 1. The summed E-state index contributed by atoms with van der Waals surface area (Å²) in [6.07, 6.45) is 2.65. The lowest BCUT2D eigenvalue weighted by Crippen LogP contribution is -2.34. The van der Waals surface area contributed by atoms with Crippen LogP contribution in [0.25, 0.3) is 0 Å². The largest absolute Gasteiger partial charge is 0.350 e. The number of aryl methyl sites for hydroxylation is 1. The number of likely N-dealkylation sites (tertiary alicyclic amines) is 1. The molecule has 1 heterocycles. The number of piperidine rings is 1. The Balaban J connectivity index is 0.00000210. The van der Waals surface area contributed by atoms with Crippen LogP contribution < -0.4 is 11.1 Å². The Morgan fingerprint density at radius 3 is 2.34 bits per heavy atom. The quantitative estimate of drug-likeness (QED) is 0.704. The molecule has 2 aromatic carbocycles. The zero-order valence-corrected chi connectivity index (χ0v) is 18.9. The number of rotatable bonds is 6. The molecule has 6 heteroatoms. The van der Waals surface area contributed by atoms with Crippen LogP contribution in [0.2, 0.25) is 0 Å². The van der Waals surface area contributed by atoms with Crippen molar-refractivity contribution in [3.05, 3.63) is 70.8 Å². The van der Waals surface area contributed by atoms with Crippen LogP contribution in [0.5, 0.6) is 0 Å². The van der Waals surface area contributed by atoms with Gasteiger partial charge >= 0.3 is 0 Å². The fourth-order valence-corrected chi connectivity index (χ4v) is 3.68. The Labute approximate surface area is 187 Å². The van der Waals surface area contributed by atoms with E-state index in [4.69, 9.17) is 5.73 Å². The summed E-state index contributed by atoms with van der Waals surface area (Å²) in [5.74, 6) is 0.649. The standard InChI is InChI=1S/C23H31N3O.2ClH/c1-17-5-11-21(12-6-17)22(24)23(27)25-14-19-7-9-20(10-8-19)16-26-13-3-4-18(2)15-26;;/h5-12,18,22H,3-4,13-16,24H2,1-2H3,(H,25,27);2*1H. The molecular formula is C23H33Cl2N3O. The maximum absolute atomic E-state index is 12.3. The molecule has 1 aliphatic heterocycles. The molecule has 2 aromatic rings. The third kappa shape index (κ3) is 7.63. The molecule has 2 unspecified atom stereocenters. The third-order valence-corrected chi connectivity index (χ3v) is 5.36. The smallest absolute Gasteiger partial charge is 0.241 e. The van der Waals surface area contributed by atoms with Gasteiger partial charge < -0.3 is 11.1 Å². The molecule has 3 N–H and O–H groups in total. The molecular weight excluding hydrogens is 405 g/mol. The van der Waals surface area contributed by atoms with E-state index >= 15 is 0 Å². The number of nitrogens with two attached hydrogens (primary N) is 1. The molecule has 29 heavy (non-hydrogen) atoms. The van der Waals surface area contributed by atoms with Gasteiger partial charge in [-0.2, -0.15) is 0 Å². The SMILES string of the molecule is Cc1ccc(C(N)C(=O)NCc2ccc(CN3CCCC(C)C3)cc2)cc1.Cl.Cl.